The van der Waals surface area contributed by atoms with Crippen molar-refractivity contribution in [2.75, 3.05) is 57.4 Å². The lowest BCUT2D eigenvalue weighted by Gasteiger charge is -2.42. The average Bonchev–Trinajstić information content (AvgIpc) is 3.50. The molecule has 4 aliphatic heterocycles. The molecule has 3 saturated heterocycles. The van der Waals surface area contributed by atoms with Gasteiger partial charge in [0, 0.05) is 56.0 Å². The summed E-state index contributed by atoms with van der Waals surface area (Å²) >= 11 is 0. The van der Waals surface area contributed by atoms with Crippen molar-refractivity contribution in [3.05, 3.63) is 59.2 Å². The maximum absolute atomic E-state index is 13.7. The lowest BCUT2D eigenvalue weighted by Crippen LogP contribution is -2.45. The van der Waals surface area contributed by atoms with Gasteiger partial charge in [0.25, 0.3) is 11.8 Å². The number of piperidine rings is 2. The number of likely N-dealkylation sites (tertiary alicyclic amines) is 1. The van der Waals surface area contributed by atoms with E-state index in [1.165, 1.54) is 30.5 Å². The number of hydrogen-bond acceptors (Lipinski definition) is 5. The molecule has 2 aromatic carbocycles. The van der Waals surface area contributed by atoms with Gasteiger partial charge in [0.2, 0.25) is 0 Å². The van der Waals surface area contributed by atoms with E-state index in [9.17, 15) is 9.59 Å². The van der Waals surface area contributed by atoms with Crippen LogP contribution in [-0.4, -0.2) is 80.2 Å². The first kappa shape index (κ1) is 29.0. The molecule has 1 atom stereocenters. The number of aryl methyl sites for hydroxylation is 1. The van der Waals surface area contributed by atoms with Crippen molar-refractivity contribution in [2.24, 2.45) is 5.41 Å². The Hall–Kier alpha value is -3.06. The largest absolute Gasteiger partial charge is 0.492 e. The van der Waals surface area contributed by atoms with Crippen LogP contribution in [0.4, 0.5) is 5.69 Å². The maximum atomic E-state index is 13.7. The predicted molar refractivity (Wildman–Crippen MR) is 165 cm³/mol. The number of amides is 2. The molecule has 0 aromatic heterocycles. The maximum Gasteiger partial charge on any atom is 0.257 e. The van der Waals surface area contributed by atoms with Gasteiger partial charge in [-0.1, -0.05) is 24.6 Å². The molecule has 2 amide bonds. The molecule has 2 aromatic rings. The van der Waals surface area contributed by atoms with Gasteiger partial charge >= 0.3 is 0 Å². The third kappa shape index (κ3) is 6.31. The number of rotatable bonds is 2. The van der Waals surface area contributed by atoms with E-state index in [0.29, 0.717) is 24.5 Å². The fourth-order valence-electron chi connectivity index (χ4n) is 7.41. The third-order valence-corrected chi connectivity index (χ3v) is 10.1. The van der Waals surface area contributed by atoms with Gasteiger partial charge in [0.05, 0.1) is 24.8 Å². The molecular formula is C35H47N3O4. The van der Waals surface area contributed by atoms with Crippen molar-refractivity contribution in [3.63, 3.8) is 0 Å². The quantitative estimate of drug-likeness (QED) is 0.435. The first-order valence-corrected chi connectivity index (χ1v) is 16.3. The molecule has 0 N–H and O–H groups in total. The molecule has 0 unspecified atom stereocenters. The van der Waals surface area contributed by atoms with Gasteiger partial charge < -0.3 is 24.2 Å². The molecular weight excluding hydrogens is 526 g/mol. The monoisotopic (exact) mass is 573 g/mol. The Bertz CT molecular complexity index is 1250. The number of nitrogens with zero attached hydrogens (tertiary/aromatic N) is 3. The van der Waals surface area contributed by atoms with E-state index in [0.717, 1.165) is 89.8 Å². The Kier molecular flexibility index (Phi) is 9.03. The summed E-state index contributed by atoms with van der Waals surface area (Å²) < 4.78 is 12.6. The van der Waals surface area contributed by atoms with Crippen molar-refractivity contribution >= 4 is 17.5 Å². The van der Waals surface area contributed by atoms with Gasteiger partial charge in [-0.3, -0.25) is 9.59 Å². The normalized spacial score (nSPS) is 23.6. The van der Waals surface area contributed by atoms with E-state index in [1.807, 2.05) is 40.1 Å². The fourth-order valence-corrected chi connectivity index (χ4v) is 7.41. The van der Waals surface area contributed by atoms with Gasteiger partial charge in [-0.05, 0) is 94.5 Å². The van der Waals surface area contributed by atoms with Crippen molar-refractivity contribution in [1.82, 2.24) is 9.80 Å². The Balaban J connectivity index is 1.16. The van der Waals surface area contributed by atoms with Crippen LogP contribution >= 0.6 is 0 Å². The summed E-state index contributed by atoms with van der Waals surface area (Å²) in [5, 5.41) is 0. The van der Waals surface area contributed by atoms with Gasteiger partial charge in [-0.2, -0.15) is 0 Å². The number of fused-ring (bicyclic) bond motifs is 2. The van der Waals surface area contributed by atoms with Gasteiger partial charge in [-0.25, -0.2) is 0 Å². The van der Waals surface area contributed by atoms with E-state index in [4.69, 9.17) is 9.47 Å². The summed E-state index contributed by atoms with van der Waals surface area (Å²) in [5.41, 5.74) is 3.87. The van der Waals surface area contributed by atoms with Crippen LogP contribution in [0.25, 0.3) is 0 Å². The molecule has 42 heavy (non-hydrogen) atoms. The van der Waals surface area contributed by atoms with Crippen LogP contribution in [-0.2, 0) is 4.74 Å². The van der Waals surface area contributed by atoms with Crippen LogP contribution in [0.5, 0.6) is 5.75 Å². The molecule has 0 radical (unpaired) electrons. The number of carbonyl (C=O) groups excluding carboxylic acids is 2. The van der Waals surface area contributed by atoms with Crippen LogP contribution in [0.1, 0.15) is 90.5 Å². The lowest BCUT2D eigenvalue weighted by atomic mass is 9.75. The number of para-hydroxylation sites is 1. The summed E-state index contributed by atoms with van der Waals surface area (Å²) in [6, 6.07) is 14.1. The molecule has 3 fully saturated rings. The number of carbonyl (C=O) groups is 2. The highest BCUT2D eigenvalue weighted by atomic mass is 16.5. The molecule has 6 rings (SSSR count). The molecule has 1 spiro atoms. The number of hydrogen-bond donors (Lipinski definition) is 0. The van der Waals surface area contributed by atoms with Crippen molar-refractivity contribution < 1.29 is 19.1 Å². The van der Waals surface area contributed by atoms with Crippen LogP contribution < -0.4 is 9.64 Å². The standard InChI is InChI=1S/C35H47N3O4/c1-27-13-14-28(24-31(27)36-18-6-2-7-19-36)33(39)37-21-16-35(17-22-37)15-5-8-23-41-25-29-10-9-20-38(29)34(40)30-11-3-4-12-32(30)42-26-35/h3-4,11-14,24,29H,2,5-10,15-23,25-26H2,1H3/t29-/m0/s1. The SMILES string of the molecule is Cc1ccc(C(=O)N2CCC3(CCCCOC[C@@H]4CCCN4C(=O)c4ccccc4OC3)CC2)cc1N1CCCCC1. The zero-order valence-corrected chi connectivity index (χ0v) is 25.3. The number of ether oxygens (including phenoxy) is 2. The van der Waals surface area contributed by atoms with Gasteiger partial charge in [0.15, 0.2) is 0 Å². The van der Waals surface area contributed by atoms with Crippen LogP contribution in [0, 0.1) is 12.3 Å². The van der Waals surface area contributed by atoms with Crippen LogP contribution in [0.15, 0.2) is 42.5 Å². The minimum atomic E-state index is -0.0283. The summed E-state index contributed by atoms with van der Waals surface area (Å²) in [4.78, 5) is 33.8. The smallest absolute Gasteiger partial charge is 0.257 e. The van der Waals surface area contributed by atoms with E-state index >= 15 is 0 Å². The third-order valence-electron chi connectivity index (χ3n) is 10.1. The zero-order valence-electron chi connectivity index (χ0n) is 25.3. The highest BCUT2D eigenvalue weighted by molar-refractivity contribution is 5.97. The molecule has 0 aliphatic carbocycles. The summed E-state index contributed by atoms with van der Waals surface area (Å²) in [6.07, 6.45) is 10.7. The van der Waals surface area contributed by atoms with E-state index < -0.39 is 0 Å². The first-order chi connectivity index (χ1) is 20.5. The number of anilines is 1. The topological polar surface area (TPSA) is 62.3 Å². The van der Waals surface area contributed by atoms with Crippen molar-refractivity contribution in [1.29, 1.82) is 0 Å². The highest BCUT2D eigenvalue weighted by Crippen LogP contribution is 2.39. The van der Waals surface area contributed by atoms with Gasteiger partial charge in [0.1, 0.15) is 5.75 Å². The summed E-state index contributed by atoms with van der Waals surface area (Å²) in [6.45, 7) is 8.41. The zero-order chi connectivity index (χ0) is 28.9. The van der Waals surface area contributed by atoms with Crippen LogP contribution in [0.3, 0.4) is 0 Å². The van der Waals surface area contributed by atoms with Crippen molar-refractivity contribution in [3.8, 4) is 5.75 Å². The molecule has 226 valence electrons. The van der Waals surface area contributed by atoms with Gasteiger partial charge in [-0.15, -0.1) is 0 Å². The predicted octanol–water partition coefficient (Wildman–Crippen LogP) is 6.09. The number of benzene rings is 2. The molecule has 0 saturated carbocycles. The highest BCUT2D eigenvalue weighted by Gasteiger charge is 2.38. The fraction of sp³-hybridized carbons (Fsp3) is 0.600. The minimum absolute atomic E-state index is 0.0283. The summed E-state index contributed by atoms with van der Waals surface area (Å²) in [7, 11) is 0. The molecule has 7 heteroatoms. The second-order valence-electron chi connectivity index (χ2n) is 13.0. The Labute approximate surface area is 251 Å². The molecule has 7 nitrogen and oxygen atoms in total. The Morgan fingerprint density at radius 3 is 2.52 bits per heavy atom. The average molecular weight is 574 g/mol. The second kappa shape index (κ2) is 13.1. The Morgan fingerprint density at radius 2 is 1.69 bits per heavy atom. The molecule has 0 bridgehead atoms. The van der Waals surface area contributed by atoms with E-state index in [-0.39, 0.29) is 23.3 Å². The first-order valence-electron chi connectivity index (χ1n) is 16.3. The Morgan fingerprint density at radius 1 is 0.881 bits per heavy atom. The van der Waals surface area contributed by atoms with E-state index in [1.54, 1.807) is 0 Å². The second-order valence-corrected chi connectivity index (χ2v) is 13.0. The van der Waals surface area contributed by atoms with Crippen molar-refractivity contribution in [2.45, 2.75) is 77.2 Å². The molecule has 4 heterocycles. The van der Waals surface area contributed by atoms with Crippen LogP contribution in [0.2, 0.25) is 0 Å². The lowest BCUT2D eigenvalue weighted by molar-refractivity contribution is 0.0303. The minimum Gasteiger partial charge on any atom is -0.492 e. The van der Waals surface area contributed by atoms with E-state index in [2.05, 4.69) is 24.0 Å². The summed E-state index contributed by atoms with van der Waals surface area (Å²) in [5.74, 6) is 0.855. The molecule has 4 aliphatic rings.